The first-order chi connectivity index (χ1) is 9.13. The van der Waals surface area contributed by atoms with Crippen molar-refractivity contribution in [2.45, 2.75) is 40.2 Å². The monoisotopic (exact) mass is 259 g/mol. The normalized spacial score (nSPS) is 12.6. The van der Waals surface area contributed by atoms with Gasteiger partial charge in [-0.1, -0.05) is 31.0 Å². The number of nitrogens with one attached hydrogen (secondary N) is 1. The Morgan fingerprint density at radius 3 is 2.37 bits per heavy atom. The summed E-state index contributed by atoms with van der Waals surface area (Å²) in [6.45, 7) is 9.21. The summed E-state index contributed by atoms with van der Waals surface area (Å²) in [6, 6.07) is 6.41. The summed E-state index contributed by atoms with van der Waals surface area (Å²) in [6.07, 6.45) is 0.933. The number of nitrogens with zero attached hydrogens (tertiary/aromatic N) is 2. The molecule has 1 N–H and O–H groups in total. The van der Waals surface area contributed by atoms with E-state index in [0.29, 0.717) is 11.8 Å². The van der Waals surface area contributed by atoms with E-state index in [-0.39, 0.29) is 6.04 Å². The van der Waals surface area contributed by atoms with Crippen LogP contribution in [0.3, 0.4) is 0 Å². The molecule has 1 atom stereocenters. The molecule has 1 aromatic carbocycles. The molecule has 0 spiro atoms. The zero-order valence-electron chi connectivity index (χ0n) is 12.0. The van der Waals surface area contributed by atoms with Crippen molar-refractivity contribution in [3.05, 3.63) is 35.2 Å². The molecule has 0 radical (unpaired) electrons. The van der Waals surface area contributed by atoms with Gasteiger partial charge in [0, 0.05) is 5.56 Å². The van der Waals surface area contributed by atoms with Crippen molar-refractivity contribution in [2.24, 2.45) is 0 Å². The molecular weight excluding hydrogens is 238 g/mol. The summed E-state index contributed by atoms with van der Waals surface area (Å²) in [4.78, 5) is 0. The second-order valence-corrected chi connectivity index (χ2v) is 4.84. The van der Waals surface area contributed by atoms with Crippen LogP contribution < -0.4 is 5.32 Å². The van der Waals surface area contributed by atoms with Gasteiger partial charge < -0.3 is 9.73 Å². The van der Waals surface area contributed by atoms with Crippen LogP contribution in [0.2, 0.25) is 0 Å². The van der Waals surface area contributed by atoms with Crippen LogP contribution in [-0.4, -0.2) is 16.7 Å². The molecule has 0 saturated heterocycles. The maximum absolute atomic E-state index is 5.80. The van der Waals surface area contributed by atoms with E-state index in [0.717, 1.165) is 18.5 Å². The van der Waals surface area contributed by atoms with Crippen LogP contribution in [0.1, 0.15) is 43.3 Å². The van der Waals surface area contributed by atoms with Crippen molar-refractivity contribution in [3.63, 3.8) is 0 Å². The molecule has 0 bridgehead atoms. The Bertz CT molecular complexity index is 528. The highest BCUT2D eigenvalue weighted by Gasteiger charge is 2.16. The molecule has 1 heterocycles. The van der Waals surface area contributed by atoms with Crippen LogP contribution in [0.4, 0.5) is 0 Å². The molecule has 102 valence electrons. The van der Waals surface area contributed by atoms with Gasteiger partial charge in [0.1, 0.15) is 0 Å². The van der Waals surface area contributed by atoms with Gasteiger partial charge >= 0.3 is 0 Å². The van der Waals surface area contributed by atoms with Crippen molar-refractivity contribution in [1.82, 2.24) is 15.5 Å². The van der Waals surface area contributed by atoms with E-state index in [1.165, 1.54) is 11.1 Å². The molecule has 0 aliphatic carbocycles. The Morgan fingerprint density at radius 2 is 1.79 bits per heavy atom. The molecule has 0 aliphatic heterocycles. The maximum Gasteiger partial charge on any atom is 0.247 e. The maximum atomic E-state index is 5.80. The van der Waals surface area contributed by atoms with Gasteiger partial charge in [-0.3, -0.25) is 0 Å². The predicted molar refractivity (Wildman–Crippen MR) is 75.9 cm³/mol. The fraction of sp³-hybridized carbons (Fsp3) is 0.467. The van der Waals surface area contributed by atoms with Crippen LogP contribution >= 0.6 is 0 Å². The number of benzene rings is 1. The lowest BCUT2D eigenvalue weighted by atomic mass is 10.1. The highest BCUT2D eigenvalue weighted by atomic mass is 16.4. The second kappa shape index (κ2) is 5.97. The first kappa shape index (κ1) is 13.7. The molecule has 4 heteroatoms. The van der Waals surface area contributed by atoms with Gasteiger partial charge in [-0.05, 0) is 38.9 Å². The van der Waals surface area contributed by atoms with E-state index in [2.05, 4.69) is 61.4 Å². The lowest BCUT2D eigenvalue weighted by molar-refractivity contribution is 0.402. The fourth-order valence-electron chi connectivity index (χ4n) is 2.24. The number of aryl methyl sites for hydroxylation is 2. The number of aromatic nitrogens is 2. The van der Waals surface area contributed by atoms with Crippen LogP contribution in [0.25, 0.3) is 11.5 Å². The highest BCUT2D eigenvalue weighted by Crippen LogP contribution is 2.23. The Balaban J connectivity index is 2.29. The van der Waals surface area contributed by atoms with Gasteiger partial charge in [0.05, 0.1) is 6.04 Å². The first-order valence-electron chi connectivity index (χ1n) is 6.79. The molecule has 1 aromatic heterocycles. The Kier molecular flexibility index (Phi) is 4.32. The van der Waals surface area contributed by atoms with Crippen molar-refractivity contribution < 1.29 is 4.42 Å². The van der Waals surface area contributed by atoms with Gasteiger partial charge in [0.15, 0.2) is 0 Å². The summed E-state index contributed by atoms with van der Waals surface area (Å²) in [5, 5.41) is 11.7. The van der Waals surface area contributed by atoms with E-state index in [1.54, 1.807) is 0 Å². The molecule has 0 fully saturated rings. The largest absolute Gasteiger partial charge is 0.419 e. The van der Waals surface area contributed by atoms with Crippen LogP contribution in [-0.2, 0) is 0 Å². The standard InChI is InChI=1S/C15H21N3O/c1-5-13(16-6-2)15-18-17-14(19-15)12-8-10(3)7-11(4)9-12/h7-9,13,16H,5-6H2,1-4H3. The predicted octanol–water partition coefficient (Wildman–Crippen LogP) is 3.41. The molecular formula is C15H21N3O. The third-order valence-electron chi connectivity index (χ3n) is 3.07. The molecule has 0 saturated carbocycles. The zero-order chi connectivity index (χ0) is 13.8. The molecule has 2 rings (SSSR count). The Morgan fingerprint density at radius 1 is 1.11 bits per heavy atom. The SMILES string of the molecule is CCNC(CC)c1nnc(-c2cc(C)cc(C)c2)o1. The van der Waals surface area contributed by atoms with Gasteiger partial charge in [-0.25, -0.2) is 0 Å². The van der Waals surface area contributed by atoms with Crippen LogP contribution in [0, 0.1) is 13.8 Å². The minimum absolute atomic E-state index is 0.136. The molecule has 0 aliphatic rings. The highest BCUT2D eigenvalue weighted by molar-refractivity contribution is 5.55. The number of rotatable bonds is 5. The zero-order valence-corrected chi connectivity index (χ0v) is 12.0. The average Bonchev–Trinajstić information content (AvgIpc) is 2.84. The molecule has 1 unspecified atom stereocenters. The third kappa shape index (κ3) is 3.20. The average molecular weight is 259 g/mol. The van der Waals surface area contributed by atoms with Crippen molar-refractivity contribution in [3.8, 4) is 11.5 Å². The third-order valence-corrected chi connectivity index (χ3v) is 3.07. The van der Waals surface area contributed by atoms with E-state index in [9.17, 15) is 0 Å². The van der Waals surface area contributed by atoms with Gasteiger partial charge in [0.2, 0.25) is 11.8 Å². The van der Waals surface area contributed by atoms with E-state index in [1.807, 2.05) is 0 Å². The summed E-state index contributed by atoms with van der Waals surface area (Å²) < 4.78 is 5.80. The first-order valence-corrected chi connectivity index (χ1v) is 6.79. The summed E-state index contributed by atoms with van der Waals surface area (Å²) >= 11 is 0. The molecule has 2 aromatic rings. The Labute approximate surface area is 114 Å². The van der Waals surface area contributed by atoms with Gasteiger partial charge in [-0.2, -0.15) is 0 Å². The van der Waals surface area contributed by atoms with E-state index in [4.69, 9.17) is 4.42 Å². The van der Waals surface area contributed by atoms with Gasteiger partial charge in [-0.15, -0.1) is 10.2 Å². The topological polar surface area (TPSA) is 51.0 Å². The summed E-state index contributed by atoms with van der Waals surface area (Å²) in [5.41, 5.74) is 3.39. The quantitative estimate of drug-likeness (QED) is 0.894. The fourth-order valence-corrected chi connectivity index (χ4v) is 2.24. The number of hydrogen-bond donors (Lipinski definition) is 1. The van der Waals surface area contributed by atoms with Crippen molar-refractivity contribution >= 4 is 0 Å². The molecule has 4 nitrogen and oxygen atoms in total. The van der Waals surface area contributed by atoms with Crippen molar-refractivity contribution in [2.75, 3.05) is 6.54 Å². The lowest BCUT2D eigenvalue weighted by Gasteiger charge is -2.10. The lowest BCUT2D eigenvalue weighted by Crippen LogP contribution is -2.20. The van der Waals surface area contributed by atoms with E-state index < -0.39 is 0 Å². The van der Waals surface area contributed by atoms with Gasteiger partial charge in [0.25, 0.3) is 0 Å². The molecule has 19 heavy (non-hydrogen) atoms. The van der Waals surface area contributed by atoms with Crippen LogP contribution in [0.15, 0.2) is 22.6 Å². The second-order valence-electron chi connectivity index (χ2n) is 4.84. The molecule has 0 amide bonds. The smallest absolute Gasteiger partial charge is 0.247 e. The summed E-state index contributed by atoms with van der Waals surface area (Å²) in [5.74, 6) is 1.26. The van der Waals surface area contributed by atoms with Crippen LogP contribution in [0.5, 0.6) is 0 Å². The summed E-state index contributed by atoms with van der Waals surface area (Å²) in [7, 11) is 0. The van der Waals surface area contributed by atoms with E-state index >= 15 is 0 Å². The van der Waals surface area contributed by atoms with Crippen molar-refractivity contribution in [1.29, 1.82) is 0 Å². The Hall–Kier alpha value is -1.68. The minimum atomic E-state index is 0.136. The number of hydrogen-bond acceptors (Lipinski definition) is 4. The minimum Gasteiger partial charge on any atom is -0.419 e.